The first-order valence-electron chi connectivity index (χ1n) is 6.52. The molecule has 2 atom stereocenters. The van der Waals surface area contributed by atoms with E-state index in [0.717, 1.165) is 30.9 Å². The minimum Gasteiger partial charge on any atom is -0.468 e. The molecule has 0 spiro atoms. The number of hydrogen-bond acceptors (Lipinski definition) is 5. The number of hydrogen-bond donors (Lipinski definition) is 2. The smallest absolute Gasteiger partial charge is 0.325 e. The van der Waals surface area contributed by atoms with Gasteiger partial charge in [-0.05, 0) is 43.7 Å². The number of likely N-dealkylation sites (N-methyl/N-ethyl adjacent to an activating group) is 1. The summed E-state index contributed by atoms with van der Waals surface area (Å²) in [5.41, 5.74) is -0.577. The summed E-state index contributed by atoms with van der Waals surface area (Å²) in [6, 6.07) is 0. The molecule has 5 heteroatoms. The van der Waals surface area contributed by atoms with E-state index in [1.807, 2.05) is 32.5 Å². The highest BCUT2D eigenvalue weighted by atomic mass is 32.2. The number of methoxy groups -OCH3 is 1. The van der Waals surface area contributed by atoms with E-state index in [1.165, 1.54) is 7.11 Å². The average molecular weight is 277 g/mol. The van der Waals surface area contributed by atoms with Crippen LogP contribution in [0.25, 0.3) is 0 Å². The van der Waals surface area contributed by atoms with Crippen molar-refractivity contribution in [1.29, 1.82) is 0 Å². The summed E-state index contributed by atoms with van der Waals surface area (Å²) in [6.45, 7) is 6.90. The van der Waals surface area contributed by atoms with Crippen molar-refractivity contribution in [2.24, 2.45) is 5.92 Å². The van der Waals surface area contributed by atoms with Crippen molar-refractivity contribution in [2.45, 2.75) is 39.2 Å². The fourth-order valence-corrected chi connectivity index (χ4v) is 2.77. The molecule has 0 aliphatic carbocycles. The Bertz CT molecular complexity index is 238. The maximum Gasteiger partial charge on any atom is 0.325 e. The van der Waals surface area contributed by atoms with Crippen molar-refractivity contribution < 1.29 is 14.6 Å². The summed E-state index contributed by atoms with van der Waals surface area (Å²) in [5.74, 6) is 2.11. The number of ether oxygens (including phenoxy) is 1. The van der Waals surface area contributed by atoms with E-state index >= 15 is 0 Å². The number of nitrogens with one attached hydrogen (secondary N) is 1. The van der Waals surface area contributed by atoms with Gasteiger partial charge < -0.3 is 15.2 Å². The van der Waals surface area contributed by atoms with Crippen LogP contribution in [0, 0.1) is 5.92 Å². The van der Waals surface area contributed by atoms with E-state index in [0.29, 0.717) is 5.92 Å². The summed E-state index contributed by atoms with van der Waals surface area (Å²) in [6.07, 6.45) is 1.73. The molecule has 0 bridgehead atoms. The molecule has 4 nitrogen and oxygen atoms in total. The molecule has 0 aromatic heterocycles. The van der Waals surface area contributed by atoms with E-state index < -0.39 is 5.54 Å². The molecule has 0 aromatic carbocycles. The topological polar surface area (TPSA) is 58.6 Å². The predicted octanol–water partition coefficient (Wildman–Crippen LogP) is 1.67. The van der Waals surface area contributed by atoms with Gasteiger partial charge in [0.2, 0.25) is 0 Å². The largest absolute Gasteiger partial charge is 0.468 e. The molecule has 0 aliphatic rings. The van der Waals surface area contributed by atoms with Gasteiger partial charge >= 0.3 is 5.97 Å². The van der Waals surface area contributed by atoms with Crippen molar-refractivity contribution in [2.75, 3.05) is 31.8 Å². The van der Waals surface area contributed by atoms with Crippen LogP contribution in [0.4, 0.5) is 0 Å². The Morgan fingerprint density at radius 1 is 1.56 bits per heavy atom. The van der Waals surface area contributed by atoms with Crippen LogP contribution in [0.3, 0.4) is 0 Å². The van der Waals surface area contributed by atoms with Crippen molar-refractivity contribution in [1.82, 2.24) is 5.32 Å². The Kier molecular flexibility index (Phi) is 9.50. The number of aliphatic hydroxyl groups is 1. The van der Waals surface area contributed by atoms with E-state index in [2.05, 4.69) is 5.32 Å². The number of thioether (sulfide) groups is 1. The van der Waals surface area contributed by atoms with Gasteiger partial charge in [-0.25, -0.2) is 0 Å². The Morgan fingerprint density at radius 3 is 2.72 bits per heavy atom. The molecule has 0 saturated carbocycles. The lowest BCUT2D eigenvalue weighted by atomic mass is 9.96. The third kappa shape index (κ3) is 6.61. The molecule has 0 saturated heterocycles. The van der Waals surface area contributed by atoms with Crippen LogP contribution in [-0.4, -0.2) is 48.4 Å². The molecule has 0 rings (SSSR count). The Hall–Kier alpha value is -0.260. The van der Waals surface area contributed by atoms with Crippen LogP contribution < -0.4 is 5.32 Å². The first-order chi connectivity index (χ1) is 8.50. The summed E-state index contributed by atoms with van der Waals surface area (Å²) < 4.78 is 4.84. The van der Waals surface area contributed by atoms with Crippen molar-refractivity contribution >= 4 is 17.7 Å². The van der Waals surface area contributed by atoms with Crippen LogP contribution in [0.2, 0.25) is 0 Å². The normalized spacial score (nSPS) is 16.1. The van der Waals surface area contributed by atoms with Gasteiger partial charge in [-0.3, -0.25) is 4.79 Å². The second-order valence-corrected chi connectivity index (χ2v) is 5.97. The lowest BCUT2D eigenvalue weighted by Crippen LogP contribution is -2.50. The summed E-state index contributed by atoms with van der Waals surface area (Å²) in [4.78, 5) is 11.7. The quantitative estimate of drug-likeness (QED) is 0.470. The summed E-state index contributed by atoms with van der Waals surface area (Å²) in [7, 11) is 1.43. The lowest BCUT2D eigenvalue weighted by molar-refractivity contribution is -0.148. The Morgan fingerprint density at radius 2 is 2.22 bits per heavy atom. The van der Waals surface area contributed by atoms with Crippen LogP contribution in [0.15, 0.2) is 0 Å². The van der Waals surface area contributed by atoms with E-state index in [4.69, 9.17) is 9.84 Å². The Labute approximate surface area is 115 Å². The first-order valence-corrected chi connectivity index (χ1v) is 7.67. The molecule has 0 amide bonds. The number of carbonyl (C=O) groups is 1. The minimum atomic E-state index is -0.577. The fourth-order valence-electron chi connectivity index (χ4n) is 1.74. The van der Waals surface area contributed by atoms with Crippen LogP contribution in [0.5, 0.6) is 0 Å². The number of carbonyl (C=O) groups excluding carboxylic acids is 1. The molecule has 108 valence electrons. The second kappa shape index (κ2) is 9.64. The molecule has 0 aromatic rings. The zero-order valence-electron chi connectivity index (χ0n) is 12.0. The van der Waals surface area contributed by atoms with Gasteiger partial charge in [0, 0.05) is 6.61 Å². The molecule has 0 radical (unpaired) electrons. The third-order valence-corrected chi connectivity index (χ3v) is 4.26. The maximum absolute atomic E-state index is 11.7. The van der Waals surface area contributed by atoms with Gasteiger partial charge in [0.1, 0.15) is 5.54 Å². The average Bonchev–Trinajstić information content (AvgIpc) is 2.37. The van der Waals surface area contributed by atoms with Gasteiger partial charge in [-0.15, -0.1) is 0 Å². The highest BCUT2D eigenvalue weighted by Crippen LogP contribution is 2.17. The van der Waals surface area contributed by atoms with E-state index in [9.17, 15) is 4.79 Å². The van der Waals surface area contributed by atoms with E-state index in [1.54, 1.807) is 0 Å². The second-order valence-electron chi connectivity index (χ2n) is 4.82. The van der Waals surface area contributed by atoms with Crippen molar-refractivity contribution in [3.8, 4) is 0 Å². The first kappa shape index (κ1) is 17.7. The maximum atomic E-state index is 11.7. The fraction of sp³-hybridized carbons (Fsp3) is 0.923. The molecular formula is C13H27NO3S. The zero-order chi connectivity index (χ0) is 14.0. The number of aliphatic hydroxyl groups excluding tert-OH is 1. The molecule has 2 N–H and O–H groups in total. The van der Waals surface area contributed by atoms with E-state index in [-0.39, 0.29) is 12.6 Å². The predicted molar refractivity (Wildman–Crippen MR) is 76.9 cm³/mol. The van der Waals surface area contributed by atoms with Gasteiger partial charge in [-0.1, -0.05) is 13.8 Å². The highest BCUT2D eigenvalue weighted by Gasteiger charge is 2.32. The standard InChI is InChI=1S/C13H27NO3S/c1-5-14-13(3,12(16)17-4)7-6-8-18-10-11(2)9-15/h11,14-15H,5-10H2,1-4H3. The monoisotopic (exact) mass is 277 g/mol. The van der Waals surface area contributed by atoms with Gasteiger partial charge in [0.15, 0.2) is 0 Å². The SMILES string of the molecule is CCNC(C)(CCCSCC(C)CO)C(=O)OC. The Balaban J connectivity index is 3.94. The van der Waals surface area contributed by atoms with Gasteiger partial charge in [0.05, 0.1) is 7.11 Å². The molecule has 0 aliphatic heterocycles. The number of rotatable bonds is 10. The molecular weight excluding hydrogens is 250 g/mol. The molecule has 18 heavy (non-hydrogen) atoms. The van der Waals surface area contributed by atoms with Gasteiger partial charge in [0.25, 0.3) is 0 Å². The van der Waals surface area contributed by atoms with Crippen LogP contribution in [-0.2, 0) is 9.53 Å². The molecule has 2 unspecified atom stereocenters. The highest BCUT2D eigenvalue weighted by molar-refractivity contribution is 7.99. The van der Waals surface area contributed by atoms with Gasteiger partial charge in [-0.2, -0.15) is 11.8 Å². The summed E-state index contributed by atoms with van der Waals surface area (Å²) in [5, 5.41) is 12.1. The lowest BCUT2D eigenvalue weighted by Gasteiger charge is -2.27. The van der Waals surface area contributed by atoms with Crippen LogP contribution >= 0.6 is 11.8 Å². The summed E-state index contributed by atoms with van der Waals surface area (Å²) >= 11 is 1.82. The third-order valence-electron chi connectivity index (χ3n) is 2.88. The molecule has 0 fully saturated rings. The minimum absolute atomic E-state index is 0.196. The van der Waals surface area contributed by atoms with Crippen molar-refractivity contribution in [3.05, 3.63) is 0 Å². The van der Waals surface area contributed by atoms with Crippen molar-refractivity contribution in [3.63, 3.8) is 0 Å². The van der Waals surface area contributed by atoms with Crippen LogP contribution in [0.1, 0.15) is 33.6 Å². The molecule has 0 heterocycles. The number of esters is 1. The zero-order valence-corrected chi connectivity index (χ0v) is 12.8.